The molecular weight excluding hydrogens is 474 g/mol. The third-order valence-corrected chi connectivity index (χ3v) is 8.07. The molecule has 182 valence electrons. The van der Waals surface area contributed by atoms with E-state index in [1.54, 1.807) is 72.8 Å². The molecule has 1 saturated carbocycles. The van der Waals surface area contributed by atoms with Gasteiger partial charge in [-0.25, -0.2) is 18.4 Å². The van der Waals surface area contributed by atoms with Gasteiger partial charge in [0.2, 0.25) is 0 Å². The van der Waals surface area contributed by atoms with Gasteiger partial charge in [-0.3, -0.25) is 0 Å². The van der Waals surface area contributed by atoms with Gasteiger partial charge in [-0.15, -0.1) is 0 Å². The standard InChI is InChI=1S/C31H20F2O4/c32-19-14-15-20-22(16-19)31-21-12-7-13-23(33)24(21)26(31)28(37-30(35)18-10-5-2-6-11-18)27(25(20)31)36-29(34)17-8-3-1-4-9-17/h1-16,25-28H/t25?,26?,27?,28?,31-/m0/s1. The number of hydrogen-bond acceptors (Lipinski definition) is 4. The summed E-state index contributed by atoms with van der Waals surface area (Å²) >= 11 is 0. The van der Waals surface area contributed by atoms with Gasteiger partial charge in [-0.05, 0) is 59.2 Å². The van der Waals surface area contributed by atoms with Gasteiger partial charge >= 0.3 is 11.9 Å². The van der Waals surface area contributed by atoms with Crippen molar-refractivity contribution < 1.29 is 27.8 Å². The molecule has 4 aromatic carbocycles. The summed E-state index contributed by atoms with van der Waals surface area (Å²) in [6, 6.07) is 26.4. The van der Waals surface area contributed by atoms with Crippen LogP contribution in [0.2, 0.25) is 0 Å². The quantitative estimate of drug-likeness (QED) is 0.331. The SMILES string of the molecule is O=C(OC1C(OC(=O)c2ccccc2)C2c3c(F)cccc3[C@@]23c2cc(F)ccc2C13)c1ccccc1. The summed E-state index contributed by atoms with van der Waals surface area (Å²) in [5, 5.41) is 0. The Morgan fingerprint density at radius 1 is 0.649 bits per heavy atom. The zero-order valence-electron chi connectivity index (χ0n) is 19.4. The summed E-state index contributed by atoms with van der Waals surface area (Å²) in [5.74, 6) is -3.02. The van der Waals surface area contributed by atoms with Crippen molar-refractivity contribution in [2.45, 2.75) is 29.5 Å². The lowest BCUT2D eigenvalue weighted by Crippen LogP contribution is -2.54. The van der Waals surface area contributed by atoms with Crippen LogP contribution in [0.15, 0.2) is 97.1 Å². The molecule has 37 heavy (non-hydrogen) atoms. The van der Waals surface area contributed by atoms with Gasteiger partial charge in [0.05, 0.1) is 11.1 Å². The topological polar surface area (TPSA) is 52.6 Å². The number of rotatable bonds is 4. The van der Waals surface area contributed by atoms with Crippen LogP contribution < -0.4 is 0 Å². The number of esters is 2. The maximum atomic E-state index is 15.2. The molecule has 0 N–H and O–H groups in total. The molecule has 0 heterocycles. The molecule has 3 aliphatic rings. The number of carbonyl (C=O) groups excluding carboxylic acids is 2. The molecule has 4 nitrogen and oxygen atoms in total. The lowest BCUT2D eigenvalue weighted by molar-refractivity contribution is -0.0319. The number of benzene rings is 4. The molecule has 6 heteroatoms. The largest absolute Gasteiger partial charge is 0.454 e. The van der Waals surface area contributed by atoms with Crippen molar-refractivity contribution in [1.29, 1.82) is 0 Å². The molecule has 1 spiro atoms. The molecule has 0 aliphatic heterocycles. The molecule has 3 aliphatic carbocycles. The Morgan fingerprint density at radius 3 is 1.86 bits per heavy atom. The van der Waals surface area contributed by atoms with Crippen LogP contribution in [-0.4, -0.2) is 24.1 Å². The highest BCUT2D eigenvalue weighted by Crippen LogP contribution is 2.76. The van der Waals surface area contributed by atoms with Crippen molar-refractivity contribution in [1.82, 2.24) is 0 Å². The summed E-state index contributed by atoms with van der Waals surface area (Å²) in [4.78, 5) is 26.4. The van der Waals surface area contributed by atoms with Gasteiger partial charge in [0.25, 0.3) is 0 Å². The van der Waals surface area contributed by atoms with Crippen molar-refractivity contribution >= 4 is 11.9 Å². The Bertz CT molecular complexity index is 1570. The molecular formula is C31H20F2O4. The Hall–Kier alpha value is -4.32. The van der Waals surface area contributed by atoms with Crippen LogP contribution in [-0.2, 0) is 14.9 Å². The Morgan fingerprint density at radius 2 is 1.24 bits per heavy atom. The van der Waals surface area contributed by atoms with Gasteiger partial charge in [0.15, 0.2) is 0 Å². The van der Waals surface area contributed by atoms with E-state index >= 15 is 4.39 Å². The molecule has 5 atom stereocenters. The van der Waals surface area contributed by atoms with E-state index in [1.165, 1.54) is 18.2 Å². The van der Waals surface area contributed by atoms with E-state index in [-0.39, 0.29) is 0 Å². The van der Waals surface area contributed by atoms with Crippen molar-refractivity contribution in [3.8, 4) is 0 Å². The Labute approximate surface area is 211 Å². The van der Waals surface area contributed by atoms with Gasteiger partial charge in [0.1, 0.15) is 23.8 Å². The summed E-state index contributed by atoms with van der Waals surface area (Å²) in [6.45, 7) is 0. The highest BCUT2D eigenvalue weighted by atomic mass is 19.1. The smallest absolute Gasteiger partial charge is 0.338 e. The predicted octanol–water partition coefficient (Wildman–Crippen LogP) is 5.91. The van der Waals surface area contributed by atoms with Crippen LogP contribution in [0.5, 0.6) is 0 Å². The zero-order chi connectivity index (χ0) is 25.3. The minimum Gasteiger partial charge on any atom is -0.454 e. The van der Waals surface area contributed by atoms with Gasteiger partial charge in [0, 0.05) is 22.8 Å². The molecule has 7 rings (SSSR count). The summed E-state index contributed by atoms with van der Waals surface area (Å²) in [7, 11) is 0. The van der Waals surface area contributed by atoms with Gasteiger partial charge in [-0.2, -0.15) is 0 Å². The van der Waals surface area contributed by atoms with Crippen LogP contribution in [0, 0.1) is 11.6 Å². The average Bonchev–Trinajstić information content (AvgIpc) is 3.09. The maximum Gasteiger partial charge on any atom is 0.338 e. The van der Waals surface area contributed by atoms with E-state index in [0.29, 0.717) is 16.7 Å². The second kappa shape index (κ2) is 7.84. The van der Waals surface area contributed by atoms with E-state index in [9.17, 15) is 14.0 Å². The Kier molecular flexibility index (Phi) is 4.64. The van der Waals surface area contributed by atoms with Crippen molar-refractivity contribution in [3.63, 3.8) is 0 Å². The number of carbonyl (C=O) groups is 2. The van der Waals surface area contributed by atoms with Crippen molar-refractivity contribution in [2.24, 2.45) is 0 Å². The van der Waals surface area contributed by atoms with E-state index in [1.807, 2.05) is 6.07 Å². The monoisotopic (exact) mass is 494 g/mol. The zero-order valence-corrected chi connectivity index (χ0v) is 19.4. The van der Waals surface area contributed by atoms with E-state index in [4.69, 9.17) is 9.47 Å². The number of hydrogen-bond donors (Lipinski definition) is 0. The maximum absolute atomic E-state index is 15.2. The first-order chi connectivity index (χ1) is 18.0. The first-order valence-electron chi connectivity index (χ1n) is 12.1. The van der Waals surface area contributed by atoms with Crippen LogP contribution in [0.4, 0.5) is 8.78 Å². The van der Waals surface area contributed by atoms with Crippen LogP contribution >= 0.6 is 0 Å². The molecule has 0 bridgehead atoms. The highest BCUT2D eigenvalue weighted by Gasteiger charge is 2.77. The number of ether oxygens (including phenoxy) is 2. The predicted molar refractivity (Wildman–Crippen MR) is 130 cm³/mol. The average molecular weight is 494 g/mol. The first kappa shape index (κ1) is 21.9. The van der Waals surface area contributed by atoms with Gasteiger partial charge in [-0.1, -0.05) is 54.6 Å². The third-order valence-electron chi connectivity index (χ3n) is 8.07. The fraction of sp³-hybridized carbons (Fsp3) is 0.161. The molecule has 1 fully saturated rings. The Balaban J connectivity index is 1.37. The van der Waals surface area contributed by atoms with Crippen molar-refractivity contribution in [3.05, 3.63) is 142 Å². The fourth-order valence-electron chi connectivity index (χ4n) is 6.74. The summed E-state index contributed by atoms with van der Waals surface area (Å²) < 4.78 is 41.8. The highest BCUT2D eigenvalue weighted by molar-refractivity contribution is 5.91. The summed E-state index contributed by atoms with van der Waals surface area (Å²) in [5.41, 5.74) is 2.56. The first-order valence-corrected chi connectivity index (χ1v) is 12.1. The molecule has 0 radical (unpaired) electrons. The van der Waals surface area contributed by atoms with E-state index < -0.39 is 53.0 Å². The molecule has 0 amide bonds. The van der Waals surface area contributed by atoms with Gasteiger partial charge < -0.3 is 9.47 Å². The minimum atomic E-state index is -0.967. The number of fused-ring (bicyclic) bond motifs is 4. The molecule has 0 aromatic heterocycles. The normalized spacial score (nSPS) is 25.9. The van der Waals surface area contributed by atoms with Crippen LogP contribution in [0.25, 0.3) is 0 Å². The van der Waals surface area contributed by atoms with Crippen LogP contribution in [0.1, 0.15) is 54.8 Å². The molecule has 4 aromatic rings. The second-order valence-corrected chi connectivity index (χ2v) is 9.73. The third kappa shape index (κ3) is 2.87. The van der Waals surface area contributed by atoms with E-state index in [0.717, 1.165) is 16.7 Å². The lowest BCUT2D eigenvalue weighted by atomic mass is 9.43. The fourth-order valence-corrected chi connectivity index (χ4v) is 6.74. The van der Waals surface area contributed by atoms with E-state index in [2.05, 4.69) is 0 Å². The van der Waals surface area contributed by atoms with Crippen LogP contribution in [0.3, 0.4) is 0 Å². The molecule has 4 unspecified atom stereocenters. The lowest BCUT2D eigenvalue weighted by Gasteiger charge is -2.58. The minimum absolute atomic E-state index is 0.334. The second-order valence-electron chi connectivity index (χ2n) is 9.73. The summed E-state index contributed by atoms with van der Waals surface area (Å²) in [6.07, 6.45) is -1.86. The number of halogens is 2. The van der Waals surface area contributed by atoms with Crippen molar-refractivity contribution in [2.75, 3.05) is 0 Å². The molecule has 0 saturated heterocycles.